The maximum absolute atomic E-state index is 13.1. The van der Waals surface area contributed by atoms with Gasteiger partial charge in [0, 0.05) is 23.9 Å². The summed E-state index contributed by atoms with van der Waals surface area (Å²) in [5, 5.41) is 2.07. The Kier molecular flexibility index (Phi) is 7.48. The van der Waals surface area contributed by atoms with E-state index in [0.29, 0.717) is 18.9 Å². The van der Waals surface area contributed by atoms with Crippen LogP contribution in [-0.4, -0.2) is 16.8 Å². The zero-order valence-electron chi connectivity index (χ0n) is 14.6. The Hall–Kier alpha value is -1.36. The minimum absolute atomic E-state index is 0. The second kappa shape index (κ2) is 9.37. The van der Waals surface area contributed by atoms with Crippen molar-refractivity contribution in [2.24, 2.45) is 11.7 Å². The normalized spacial score (nSPS) is 20.7. The van der Waals surface area contributed by atoms with Gasteiger partial charge in [-0.15, -0.1) is 23.7 Å². The van der Waals surface area contributed by atoms with Crippen LogP contribution in [0.3, 0.4) is 0 Å². The molecule has 1 unspecified atom stereocenters. The Morgan fingerprint density at radius 3 is 2.60 bits per heavy atom. The van der Waals surface area contributed by atoms with Gasteiger partial charge in [-0.3, -0.25) is 4.79 Å². The molecule has 1 aliphatic carbocycles. The predicted molar refractivity (Wildman–Crippen MR) is 107 cm³/mol. The summed E-state index contributed by atoms with van der Waals surface area (Å²) in [6.07, 6.45) is 3.86. The number of carbonyl (C=O) groups excluding carboxylic acids is 1. The molecule has 3 atom stereocenters. The molecule has 2 aromatic rings. The Morgan fingerprint density at radius 1 is 1.24 bits per heavy atom. The van der Waals surface area contributed by atoms with Crippen LogP contribution in [-0.2, 0) is 11.3 Å². The summed E-state index contributed by atoms with van der Waals surface area (Å²) in [6.45, 7) is 2.78. The van der Waals surface area contributed by atoms with E-state index >= 15 is 0 Å². The van der Waals surface area contributed by atoms with Gasteiger partial charge < -0.3 is 10.6 Å². The van der Waals surface area contributed by atoms with Crippen LogP contribution in [0.4, 0.5) is 0 Å². The van der Waals surface area contributed by atoms with Crippen molar-refractivity contribution in [3.8, 4) is 0 Å². The van der Waals surface area contributed by atoms with E-state index in [0.717, 1.165) is 19.3 Å². The molecule has 1 aliphatic rings. The van der Waals surface area contributed by atoms with Crippen molar-refractivity contribution >= 4 is 29.7 Å². The number of hydrogen-bond donors (Lipinski definition) is 1. The summed E-state index contributed by atoms with van der Waals surface area (Å²) in [5.74, 6) is 0.563. The molecule has 0 aliphatic heterocycles. The van der Waals surface area contributed by atoms with Crippen molar-refractivity contribution < 1.29 is 4.79 Å². The lowest BCUT2D eigenvalue weighted by molar-refractivity contribution is -0.135. The van der Waals surface area contributed by atoms with Gasteiger partial charge in [0.2, 0.25) is 5.91 Å². The molecule has 3 nitrogen and oxygen atoms in total. The molecule has 1 amide bonds. The van der Waals surface area contributed by atoms with Gasteiger partial charge in [-0.2, -0.15) is 0 Å². The zero-order chi connectivity index (χ0) is 16.9. The number of nitrogens with zero attached hydrogens (tertiary/aromatic N) is 1. The number of nitrogens with two attached hydrogens (primary N) is 1. The average Bonchev–Trinajstić information content (AvgIpc) is 3.25. The molecule has 0 radical (unpaired) electrons. The van der Waals surface area contributed by atoms with Crippen LogP contribution >= 0.6 is 23.7 Å². The van der Waals surface area contributed by atoms with Gasteiger partial charge in [0.1, 0.15) is 0 Å². The minimum Gasteiger partial charge on any atom is -0.331 e. The summed E-state index contributed by atoms with van der Waals surface area (Å²) in [4.78, 5) is 16.3. The molecule has 1 aromatic carbocycles. The van der Waals surface area contributed by atoms with Crippen molar-refractivity contribution in [2.45, 2.75) is 51.2 Å². The Bertz CT molecular complexity index is 647. The second-order valence-corrected chi connectivity index (χ2v) is 7.74. The Balaban J connectivity index is 0.00000225. The van der Waals surface area contributed by atoms with Crippen LogP contribution in [0.2, 0.25) is 0 Å². The van der Waals surface area contributed by atoms with Crippen LogP contribution in [0.25, 0.3) is 0 Å². The van der Waals surface area contributed by atoms with Crippen molar-refractivity contribution in [3.05, 3.63) is 58.3 Å². The van der Waals surface area contributed by atoms with E-state index < -0.39 is 0 Å². The van der Waals surface area contributed by atoms with Crippen molar-refractivity contribution in [1.82, 2.24) is 4.90 Å². The number of benzene rings is 1. The minimum atomic E-state index is 0. The largest absolute Gasteiger partial charge is 0.331 e. The fourth-order valence-corrected chi connectivity index (χ4v) is 4.36. The number of thiophene rings is 1. The van der Waals surface area contributed by atoms with Crippen LogP contribution in [0, 0.1) is 5.92 Å². The van der Waals surface area contributed by atoms with E-state index in [1.54, 1.807) is 11.3 Å². The number of amides is 1. The second-order valence-electron chi connectivity index (χ2n) is 6.76. The summed E-state index contributed by atoms with van der Waals surface area (Å²) in [6, 6.07) is 14.7. The van der Waals surface area contributed by atoms with Crippen LogP contribution in [0.15, 0.2) is 47.8 Å². The molecule has 2 N–H and O–H groups in total. The van der Waals surface area contributed by atoms with Gasteiger partial charge in [0.15, 0.2) is 0 Å². The summed E-state index contributed by atoms with van der Waals surface area (Å²) >= 11 is 1.71. The van der Waals surface area contributed by atoms with Crippen LogP contribution in [0.1, 0.15) is 49.1 Å². The summed E-state index contributed by atoms with van der Waals surface area (Å²) < 4.78 is 0. The fourth-order valence-electron chi connectivity index (χ4n) is 3.56. The van der Waals surface area contributed by atoms with Crippen molar-refractivity contribution in [1.29, 1.82) is 0 Å². The topological polar surface area (TPSA) is 46.3 Å². The predicted octanol–water partition coefficient (Wildman–Crippen LogP) is 4.78. The molecule has 1 aromatic heterocycles. The smallest absolute Gasteiger partial charge is 0.223 e. The van der Waals surface area contributed by atoms with Gasteiger partial charge in [0.05, 0.1) is 6.04 Å². The van der Waals surface area contributed by atoms with E-state index in [4.69, 9.17) is 5.73 Å². The molecule has 1 saturated carbocycles. The van der Waals surface area contributed by atoms with E-state index in [9.17, 15) is 4.79 Å². The first-order valence-electron chi connectivity index (χ1n) is 8.77. The number of carbonyl (C=O) groups is 1. The number of rotatable bonds is 6. The van der Waals surface area contributed by atoms with Crippen LogP contribution in [0.5, 0.6) is 0 Å². The van der Waals surface area contributed by atoms with E-state index in [1.165, 1.54) is 10.4 Å². The highest BCUT2D eigenvalue weighted by atomic mass is 35.5. The highest BCUT2D eigenvalue weighted by Crippen LogP contribution is 2.31. The Morgan fingerprint density at radius 2 is 2.00 bits per heavy atom. The molecule has 25 heavy (non-hydrogen) atoms. The first kappa shape index (κ1) is 20.0. The van der Waals surface area contributed by atoms with Gasteiger partial charge in [-0.05, 0) is 42.7 Å². The Labute approximate surface area is 160 Å². The van der Waals surface area contributed by atoms with Crippen molar-refractivity contribution in [2.75, 3.05) is 0 Å². The highest BCUT2D eigenvalue weighted by molar-refractivity contribution is 7.10. The quantitative estimate of drug-likeness (QED) is 0.786. The SMILES string of the molecule is CC(c1cccs1)N(Cc1ccccc1)C(=O)C[C@@H]1CCC[C@H]1N.Cl. The maximum atomic E-state index is 13.1. The molecule has 1 fully saturated rings. The molecule has 1 heterocycles. The monoisotopic (exact) mass is 378 g/mol. The van der Waals surface area contributed by atoms with Gasteiger partial charge >= 0.3 is 0 Å². The first-order valence-corrected chi connectivity index (χ1v) is 9.65. The van der Waals surface area contributed by atoms with Gasteiger partial charge in [-0.25, -0.2) is 0 Å². The third kappa shape index (κ3) is 5.06. The molecule has 0 spiro atoms. The highest BCUT2D eigenvalue weighted by Gasteiger charge is 2.30. The third-order valence-corrected chi connectivity index (χ3v) is 6.14. The van der Waals surface area contributed by atoms with E-state index in [-0.39, 0.29) is 30.4 Å². The molecular formula is C20H27ClN2OS. The molecule has 136 valence electrons. The zero-order valence-corrected chi connectivity index (χ0v) is 16.3. The molecular weight excluding hydrogens is 352 g/mol. The molecule has 0 saturated heterocycles. The lowest BCUT2D eigenvalue weighted by Crippen LogP contribution is -2.36. The molecule has 5 heteroatoms. The van der Waals surface area contributed by atoms with Gasteiger partial charge in [0.25, 0.3) is 0 Å². The summed E-state index contributed by atoms with van der Waals surface area (Å²) in [7, 11) is 0. The van der Waals surface area contributed by atoms with Gasteiger partial charge in [-0.1, -0.05) is 42.8 Å². The number of hydrogen-bond acceptors (Lipinski definition) is 3. The van der Waals surface area contributed by atoms with E-state index in [2.05, 4.69) is 36.6 Å². The standard InChI is InChI=1S/C20H26N2OS.ClH/c1-15(19-11-6-12-24-19)22(14-16-7-3-2-4-8-16)20(23)13-17-9-5-10-18(17)21;/h2-4,6-8,11-12,15,17-18H,5,9-10,13-14,21H2,1H3;1H/t15?,17-,18+;/m0./s1. The summed E-state index contributed by atoms with van der Waals surface area (Å²) in [5.41, 5.74) is 7.35. The maximum Gasteiger partial charge on any atom is 0.223 e. The fraction of sp³-hybridized carbons (Fsp3) is 0.450. The molecule has 0 bridgehead atoms. The van der Waals surface area contributed by atoms with Crippen molar-refractivity contribution in [3.63, 3.8) is 0 Å². The lowest BCUT2D eigenvalue weighted by atomic mass is 9.98. The lowest BCUT2D eigenvalue weighted by Gasteiger charge is -2.30. The third-order valence-electron chi connectivity index (χ3n) is 5.09. The van der Waals surface area contributed by atoms with E-state index in [1.807, 2.05) is 23.1 Å². The average molecular weight is 379 g/mol. The molecule has 3 rings (SSSR count). The first-order chi connectivity index (χ1) is 11.6. The number of halogens is 1. The van der Waals surface area contributed by atoms with Crippen LogP contribution < -0.4 is 5.73 Å².